The van der Waals surface area contributed by atoms with Gasteiger partial charge in [0.2, 0.25) is 0 Å². The molecule has 3 rings (SSSR count). The first kappa shape index (κ1) is 13.4. The molecule has 1 aliphatic rings. The Morgan fingerprint density at radius 3 is 1.52 bits per heavy atom. The van der Waals surface area contributed by atoms with E-state index < -0.39 is 23.8 Å². The Labute approximate surface area is 121 Å². The SMILES string of the molecule is O=C(O)[C@@H]1c2ccccc2Cc2ccccc2[C@H]1C(=O)O. The van der Waals surface area contributed by atoms with E-state index in [0.29, 0.717) is 17.5 Å². The normalized spacial score (nSPS) is 20.0. The fourth-order valence-corrected chi connectivity index (χ4v) is 3.11. The molecular formula is C17H14O4. The second-order valence-electron chi connectivity index (χ2n) is 5.21. The maximum absolute atomic E-state index is 11.7. The van der Waals surface area contributed by atoms with Crippen LogP contribution in [0.15, 0.2) is 48.5 Å². The van der Waals surface area contributed by atoms with Crippen molar-refractivity contribution in [3.63, 3.8) is 0 Å². The molecule has 2 aromatic carbocycles. The largest absolute Gasteiger partial charge is 0.481 e. The number of hydrogen-bond acceptors (Lipinski definition) is 2. The summed E-state index contributed by atoms with van der Waals surface area (Å²) in [4.78, 5) is 23.5. The van der Waals surface area contributed by atoms with Crippen molar-refractivity contribution in [3.8, 4) is 0 Å². The van der Waals surface area contributed by atoms with Gasteiger partial charge in [-0.3, -0.25) is 9.59 Å². The van der Waals surface area contributed by atoms with Gasteiger partial charge in [-0.15, -0.1) is 0 Å². The first-order valence-electron chi connectivity index (χ1n) is 6.71. The van der Waals surface area contributed by atoms with Crippen molar-refractivity contribution in [2.75, 3.05) is 0 Å². The summed E-state index contributed by atoms with van der Waals surface area (Å²) in [6, 6.07) is 14.4. The molecule has 106 valence electrons. The predicted octanol–water partition coefficient (Wildman–Crippen LogP) is 2.63. The highest BCUT2D eigenvalue weighted by Crippen LogP contribution is 2.40. The Morgan fingerprint density at radius 1 is 0.762 bits per heavy atom. The number of benzene rings is 2. The van der Waals surface area contributed by atoms with Gasteiger partial charge >= 0.3 is 11.9 Å². The molecular weight excluding hydrogens is 268 g/mol. The van der Waals surface area contributed by atoms with Crippen molar-refractivity contribution < 1.29 is 19.8 Å². The Balaban J connectivity index is 2.30. The van der Waals surface area contributed by atoms with E-state index in [1.807, 2.05) is 24.3 Å². The molecule has 0 fully saturated rings. The standard InChI is InChI=1S/C17H14O4/c18-16(19)14-12-7-3-1-5-10(12)9-11-6-2-4-8-13(11)15(14)17(20)21/h1-8,14-15H,9H2,(H,18,19)(H,20,21)/t14-,15-/m1/s1. The molecule has 0 unspecified atom stereocenters. The van der Waals surface area contributed by atoms with E-state index >= 15 is 0 Å². The second-order valence-corrected chi connectivity index (χ2v) is 5.21. The summed E-state index contributed by atoms with van der Waals surface area (Å²) in [5.74, 6) is -4.34. The highest BCUT2D eigenvalue weighted by molar-refractivity contribution is 5.89. The molecule has 1 aliphatic carbocycles. The third-order valence-corrected chi connectivity index (χ3v) is 4.03. The zero-order valence-electron chi connectivity index (χ0n) is 11.2. The average molecular weight is 282 g/mol. The van der Waals surface area contributed by atoms with Crippen LogP contribution in [0.2, 0.25) is 0 Å². The van der Waals surface area contributed by atoms with E-state index in [4.69, 9.17) is 0 Å². The highest BCUT2D eigenvalue weighted by atomic mass is 16.4. The first-order chi connectivity index (χ1) is 10.1. The van der Waals surface area contributed by atoms with Crippen LogP contribution < -0.4 is 0 Å². The van der Waals surface area contributed by atoms with E-state index in [2.05, 4.69) is 0 Å². The smallest absolute Gasteiger partial charge is 0.312 e. The Kier molecular flexibility index (Phi) is 3.22. The lowest BCUT2D eigenvalue weighted by Crippen LogP contribution is -2.26. The Bertz CT molecular complexity index is 659. The Hall–Kier alpha value is -2.62. The zero-order valence-corrected chi connectivity index (χ0v) is 11.2. The number of hydrogen-bond donors (Lipinski definition) is 2. The van der Waals surface area contributed by atoms with Gasteiger partial charge in [0.05, 0.1) is 11.8 Å². The maximum Gasteiger partial charge on any atom is 0.312 e. The molecule has 0 saturated heterocycles. The van der Waals surface area contributed by atoms with Crippen molar-refractivity contribution >= 4 is 11.9 Å². The lowest BCUT2D eigenvalue weighted by atomic mass is 9.81. The predicted molar refractivity (Wildman–Crippen MR) is 76.4 cm³/mol. The summed E-state index contributed by atoms with van der Waals surface area (Å²) in [6.07, 6.45) is 0.555. The van der Waals surface area contributed by atoms with Crippen LogP contribution in [0.1, 0.15) is 34.1 Å². The van der Waals surface area contributed by atoms with E-state index in [0.717, 1.165) is 11.1 Å². The number of carboxylic acid groups (broad SMARTS) is 2. The van der Waals surface area contributed by atoms with Gasteiger partial charge in [-0.25, -0.2) is 0 Å². The van der Waals surface area contributed by atoms with E-state index in [1.165, 1.54) is 0 Å². The molecule has 2 N–H and O–H groups in total. The number of aliphatic carboxylic acids is 2. The van der Waals surface area contributed by atoms with Gasteiger partial charge < -0.3 is 10.2 Å². The monoisotopic (exact) mass is 282 g/mol. The van der Waals surface area contributed by atoms with E-state index in [9.17, 15) is 19.8 Å². The number of fused-ring (bicyclic) bond motifs is 2. The first-order valence-corrected chi connectivity index (χ1v) is 6.71. The summed E-state index contributed by atoms with van der Waals surface area (Å²) in [5.41, 5.74) is 2.93. The molecule has 2 aromatic rings. The molecule has 0 saturated carbocycles. The van der Waals surface area contributed by atoms with Crippen LogP contribution in [0.5, 0.6) is 0 Å². The molecule has 0 amide bonds. The maximum atomic E-state index is 11.7. The zero-order chi connectivity index (χ0) is 15.0. The van der Waals surface area contributed by atoms with E-state index in [-0.39, 0.29) is 0 Å². The van der Waals surface area contributed by atoms with Gasteiger partial charge in [0.25, 0.3) is 0 Å². The molecule has 21 heavy (non-hydrogen) atoms. The molecule has 2 atom stereocenters. The topological polar surface area (TPSA) is 74.6 Å². The molecule has 0 aromatic heterocycles. The number of rotatable bonds is 2. The van der Waals surface area contributed by atoms with Gasteiger partial charge in [-0.05, 0) is 28.7 Å². The summed E-state index contributed by atoms with van der Waals surface area (Å²) in [7, 11) is 0. The van der Waals surface area contributed by atoms with E-state index in [1.54, 1.807) is 24.3 Å². The van der Waals surface area contributed by atoms with Crippen molar-refractivity contribution in [2.24, 2.45) is 0 Å². The molecule has 0 spiro atoms. The van der Waals surface area contributed by atoms with Crippen LogP contribution in [-0.2, 0) is 16.0 Å². The van der Waals surface area contributed by atoms with Crippen LogP contribution in [0.3, 0.4) is 0 Å². The van der Waals surface area contributed by atoms with Crippen molar-refractivity contribution in [2.45, 2.75) is 18.3 Å². The molecule has 0 heterocycles. The number of carbonyl (C=O) groups is 2. The van der Waals surface area contributed by atoms with Crippen molar-refractivity contribution in [1.29, 1.82) is 0 Å². The van der Waals surface area contributed by atoms with Gasteiger partial charge in [-0.2, -0.15) is 0 Å². The second kappa shape index (κ2) is 5.05. The minimum atomic E-state index is -1.11. The van der Waals surface area contributed by atoms with Crippen LogP contribution in [0, 0.1) is 0 Å². The van der Waals surface area contributed by atoms with Gasteiger partial charge in [0.15, 0.2) is 0 Å². The van der Waals surface area contributed by atoms with Gasteiger partial charge in [-0.1, -0.05) is 48.5 Å². The van der Waals surface area contributed by atoms with Crippen molar-refractivity contribution in [3.05, 3.63) is 70.8 Å². The lowest BCUT2D eigenvalue weighted by Gasteiger charge is -2.21. The lowest BCUT2D eigenvalue weighted by molar-refractivity contribution is -0.147. The summed E-state index contributed by atoms with van der Waals surface area (Å²) in [6.45, 7) is 0. The minimum Gasteiger partial charge on any atom is -0.481 e. The van der Waals surface area contributed by atoms with Crippen LogP contribution in [0.25, 0.3) is 0 Å². The summed E-state index contributed by atoms with van der Waals surface area (Å²) < 4.78 is 0. The molecule has 0 bridgehead atoms. The third-order valence-electron chi connectivity index (χ3n) is 4.03. The summed E-state index contributed by atoms with van der Waals surface area (Å²) in [5, 5.41) is 19.2. The fourth-order valence-electron chi connectivity index (χ4n) is 3.11. The quantitative estimate of drug-likeness (QED) is 0.888. The minimum absolute atomic E-state index is 0.555. The third kappa shape index (κ3) is 2.18. The fraction of sp³-hybridized carbons (Fsp3) is 0.176. The van der Waals surface area contributed by atoms with Crippen LogP contribution in [0.4, 0.5) is 0 Å². The highest BCUT2D eigenvalue weighted by Gasteiger charge is 2.40. The molecule has 0 radical (unpaired) electrons. The number of carboxylic acids is 2. The van der Waals surface area contributed by atoms with Crippen molar-refractivity contribution in [1.82, 2.24) is 0 Å². The Morgan fingerprint density at radius 2 is 1.14 bits per heavy atom. The van der Waals surface area contributed by atoms with Crippen LogP contribution in [-0.4, -0.2) is 22.2 Å². The van der Waals surface area contributed by atoms with Gasteiger partial charge in [0, 0.05) is 0 Å². The van der Waals surface area contributed by atoms with Gasteiger partial charge in [0.1, 0.15) is 0 Å². The molecule has 4 heteroatoms. The molecule has 4 nitrogen and oxygen atoms in total. The van der Waals surface area contributed by atoms with Crippen LogP contribution >= 0.6 is 0 Å². The molecule has 0 aliphatic heterocycles. The summed E-state index contributed by atoms with van der Waals surface area (Å²) >= 11 is 0. The average Bonchev–Trinajstić information content (AvgIpc) is 2.60.